The Morgan fingerprint density at radius 2 is 2.24 bits per heavy atom. The van der Waals surface area contributed by atoms with Gasteiger partial charge in [0.1, 0.15) is 0 Å². The molecule has 4 heteroatoms. The Labute approximate surface area is 115 Å². The monoisotopic (exact) mass is 343 g/mol. The van der Waals surface area contributed by atoms with Crippen LogP contribution in [0.1, 0.15) is 30.7 Å². The third-order valence-corrected chi connectivity index (χ3v) is 3.23. The topological polar surface area (TPSA) is 41.7 Å². The van der Waals surface area contributed by atoms with Crippen molar-refractivity contribution < 1.29 is 9.90 Å². The van der Waals surface area contributed by atoms with Gasteiger partial charge in [-0.1, -0.05) is 12.1 Å². The van der Waals surface area contributed by atoms with Crippen LogP contribution in [0.15, 0.2) is 24.3 Å². The average Bonchev–Trinajstić information content (AvgIpc) is 2.28. The lowest BCUT2D eigenvalue weighted by molar-refractivity contribution is -0.139. The van der Waals surface area contributed by atoms with E-state index in [1.54, 1.807) is 0 Å². The van der Waals surface area contributed by atoms with Crippen molar-refractivity contribution in [2.75, 3.05) is 6.54 Å². The second-order valence-electron chi connectivity index (χ2n) is 3.82. The Morgan fingerprint density at radius 3 is 2.82 bits per heavy atom. The number of hydrogen-bond acceptors (Lipinski definition) is 1. The van der Waals surface area contributed by atoms with Gasteiger partial charge in [0.25, 0.3) is 0 Å². The van der Waals surface area contributed by atoms with Crippen LogP contribution in [0.25, 0.3) is 4.85 Å². The van der Waals surface area contributed by atoms with Gasteiger partial charge in [-0.3, -0.25) is 4.79 Å². The van der Waals surface area contributed by atoms with Gasteiger partial charge >= 0.3 is 5.97 Å². The van der Waals surface area contributed by atoms with Crippen molar-refractivity contribution in [1.29, 1.82) is 0 Å². The fourth-order valence-corrected chi connectivity index (χ4v) is 2.26. The molecule has 0 aliphatic carbocycles. The largest absolute Gasteiger partial charge is 0.481 e. The molecule has 1 rings (SSSR count). The Bertz CT molecular complexity index is 426. The molecule has 0 heterocycles. The first-order valence-electron chi connectivity index (χ1n) is 5.46. The highest BCUT2D eigenvalue weighted by atomic mass is 127. The van der Waals surface area contributed by atoms with Crippen molar-refractivity contribution in [3.8, 4) is 0 Å². The SMILES string of the molecule is [C-]#[N+]CCCCC(C(=O)O)c1cccc(I)c1. The van der Waals surface area contributed by atoms with Gasteiger partial charge in [0.05, 0.1) is 5.92 Å². The zero-order chi connectivity index (χ0) is 12.7. The van der Waals surface area contributed by atoms with E-state index in [2.05, 4.69) is 27.4 Å². The molecule has 3 nitrogen and oxygen atoms in total. The van der Waals surface area contributed by atoms with E-state index in [-0.39, 0.29) is 0 Å². The molecular formula is C13H14INO2. The fourth-order valence-electron chi connectivity index (χ4n) is 1.70. The van der Waals surface area contributed by atoms with Crippen LogP contribution >= 0.6 is 22.6 Å². The van der Waals surface area contributed by atoms with Gasteiger partial charge in [0, 0.05) is 9.99 Å². The molecule has 0 amide bonds. The van der Waals surface area contributed by atoms with Crippen LogP contribution in [0.3, 0.4) is 0 Å². The van der Waals surface area contributed by atoms with Crippen molar-refractivity contribution in [1.82, 2.24) is 0 Å². The molecular weight excluding hydrogens is 329 g/mol. The highest BCUT2D eigenvalue weighted by molar-refractivity contribution is 14.1. The Morgan fingerprint density at radius 1 is 1.47 bits per heavy atom. The van der Waals surface area contributed by atoms with E-state index in [0.717, 1.165) is 22.0 Å². The number of hydrogen-bond donors (Lipinski definition) is 1. The second-order valence-corrected chi connectivity index (χ2v) is 5.07. The predicted molar refractivity (Wildman–Crippen MR) is 74.9 cm³/mol. The van der Waals surface area contributed by atoms with E-state index in [9.17, 15) is 9.90 Å². The van der Waals surface area contributed by atoms with E-state index in [4.69, 9.17) is 6.57 Å². The second kappa shape index (κ2) is 7.28. The minimum absolute atomic E-state index is 0.449. The van der Waals surface area contributed by atoms with Gasteiger partial charge in [-0.25, -0.2) is 6.57 Å². The van der Waals surface area contributed by atoms with E-state index >= 15 is 0 Å². The first-order valence-corrected chi connectivity index (χ1v) is 6.54. The molecule has 0 saturated carbocycles. The summed E-state index contributed by atoms with van der Waals surface area (Å²) in [5.41, 5.74) is 0.854. The molecule has 17 heavy (non-hydrogen) atoms. The third kappa shape index (κ3) is 4.73. The van der Waals surface area contributed by atoms with Crippen LogP contribution in [0.2, 0.25) is 0 Å². The average molecular weight is 343 g/mol. The third-order valence-electron chi connectivity index (χ3n) is 2.56. The Balaban J connectivity index is 2.66. The quantitative estimate of drug-likeness (QED) is 0.488. The summed E-state index contributed by atoms with van der Waals surface area (Å²) >= 11 is 2.18. The number of nitrogens with zero attached hydrogens (tertiary/aromatic N) is 1. The van der Waals surface area contributed by atoms with E-state index in [1.165, 1.54) is 0 Å². The standard InChI is InChI=1S/C13H14INO2/c1-15-8-3-2-7-12(13(16)17)10-5-4-6-11(14)9-10/h4-6,9,12H,2-3,7-8H2,(H,16,17). The summed E-state index contributed by atoms with van der Waals surface area (Å²) < 4.78 is 1.05. The molecule has 1 aromatic carbocycles. The van der Waals surface area contributed by atoms with Crippen molar-refractivity contribution in [3.05, 3.63) is 44.8 Å². The summed E-state index contributed by atoms with van der Waals surface area (Å²) in [5.74, 6) is -1.23. The number of carboxylic acids is 1. The zero-order valence-corrected chi connectivity index (χ0v) is 11.6. The van der Waals surface area contributed by atoms with E-state index in [1.807, 2.05) is 24.3 Å². The van der Waals surface area contributed by atoms with Gasteiger partial charge in [-0.2, -0.15) is 0 Å². The number of carbonyl (C=O) groups is 1. The highest BCUT2D eigenvalue weighted by Gasteiger charge is 2.19. The number of benzene rings is 1. The summed E-state index contributed by atoms with van der Waals surface area (Å²) in [6.45, 7) is 7.16. The first-order chi connectivity index (χ1) is 8.15. The summed E-state index contributed by atoms with van der Waals surface area (Å²) in [4.78, 5) is 14.5. The number of rotatable bonds is 6. The van der Waals surface area contributed by atoms with Crippen molar-refractivity contribution in [2.45, 2.75) is 25.2 Å². The maximum atomic E-state index is 11.2. The molecule has 0 aromatic heterocycles. The minimum atomic E-state index is -0.783. The summed E-state index contributed by atoms with van der Waals surface area (Å²) in [7, 11) is 0. The van der Waals surface area contributed by atoms with Gasteiger partial charge in [-0.15, -0.1) is 0 Å². The van der Waals surface area contributed by atoms with Crippen molar-refractivity contribution >= 4 is 28.6 Å². The molecule has 0 saturated heterocycles. The number of carboxylic acid groups (broad SMARTS) is 1. The number of halogens is 1. The molecule has 1 atom stereocenters. The van der Waals surface area contributed by atoms with Crippen LogP contribution in [-0.4, -0.2) is 17.6 Å². The lowest BCUT2D eigenvalue weighted by atomic mass is 9.94. The molecule has 0 spiro atoms. The number of unbranched alkanes of at least 4 members (excludes halogenated alkanes) is 1. The van der Waals surface area contributed by atoms with Crippen LogP contribution in [0, 0.1) is 10.1 Å². The van der Waals surface area contributed by atoms with Gasteiger partial charge in [0.2, 0.25) is 6.54 Å². The molecule has 0 fully saturated rings. The molecule has 1 N–H and O–H groups in total. The van der Waals surface area contributed by atoms with Gasteiger partial charge in [-0.05, 0) is 53.1 Å². The molecule has 0 bridgehead atoms. The highest BCUT2D eigenvalue weighted by Crippen LogP contribution is 2.23. The fraction of sp³-hybridized carbons (Fsp3) is 0.385. The Hall–Kier alpha value is -1.09. The lowest BCUT2D eigenvalue weighted by Crippen LogP contribution is -2.11. The zero-order valence-electron chi connectivity index (χ0n) is 9.40. The van der Waals surface area contributed by atoms with Gasteiger partial charge < -0.3 is 9.95 Å². The van der Waals surface area contributed by atoms with Gasteiger partial charge in [0.15, 0.2) is 0 Å². The van der Waals surface area contributed by atoms with Crippen LogP contribution < -0.4 is 0 Å². The van der Waals surface area contributed by atoms with E-state index < -0.39 is 11.9 Å². The number of aliphatic carboxylic acids is 1. The summed E-state index contributed by atoms with van der Waals surface area (Å²) in [5, 5.41) is 9.21. The predicted octanol–water partition coefficient (Wildman–Crippen LogP) is 3.55. The first kappa shape index (κ1) is 14.0. The molecule has 0 aliphatic heterocycles. The molecule has 1 aromatic rings. The smallest absolute Gasteiger partial charge is 0.310 e. The molecule has 90 valence electrons. The van der Waals surface area contributed by atoms with Crippen LogP contribution in [-0.2, 0) is 4.79 Å². The lowest BCUT2D eigenvalue weighted by Gasteiger charge is -2.12. The van der Waals surface area contributed by atoms with Crippen molar-refractivity contribution in [3.63, 3.8) is 0 Å². The van der Waals surface area contributed by atoms with E-state index in [0.29, 0.717) is 13.0 Å². The van der Waals surface area contributed by atoms with Crippen molar-refractivity contribution in [2.24, 2.45) is 0 Å². The van der Waals surface area contributed by atoms with Crippen LogP contribution in [0.5, 0.6) is 0 Å². The Kier molecular flexibility index (Phi) is 5.98. The maximum absolute atomic E-state index is 11.2. The summed E-state index contributed by atoms with van der Waals surface area (Å²) in [6.07, 6.45) is 2.16. The molecule has 0 aliphatic rings. The van der Waals surface area contributed by atoms with Crippen LogP contribution in [0.4, 0.5) is 0 Å². The maximum Gasteiger partial charge on any atom is 0.310 e. The molecule has 1 unspecified atom stereocenters. The summed E-state index contributed by atoms with van der Waals surface area (Å²) in [6, 6.07) is 7.60. The molecule has 0 radical (unpaired) electrons. The minimum Gasteiger partial charge on any atom is -0.481 e. The normalized spacial score (nSPS) is 11.8.